The minimum Gasteiger partial charge on any atom is -0.394 e. The fourth-order valence-electron chi connectivity index (χ4n) is 2.58. The number of carbonyl (C=O) groups is 1. The van der Waals surface area contributed by atoms with Crippen LogP contribution in [0.5, 0.6) is 0 Å². The number of piperidine rings is 1. The first-order chi connectivity index (χ1) is 9.29. The second-order valence-electron chi connectivity index (χ2n) is 5.10. The van der Waals surface area contributed by atoms with E-state index in [1.54, 1.807) is 0 Å². The summed E-state index contributed by atoms with van der Waals surface area (Å²) in [5, 5.41) is 12.0. The topological polar surface area (TPSA) is 71.0 Å². The molecule has 1 amide bonds. The SMILES string of the molecule is O=C(CC1COCCN1)N1CCC(OCCO)CC1. The van der Waals surface area contributed by atoms with Gasteiger partial charge in [-0.3, -0.25) is 4.79 Å². The van der Waals surface area contributed by atoms with E-state index in [0.29, 0.717) is 19.6 Å². The zero-order chi connectivity index (χ0) is 13.5. The van der Waals surface area contributed by atoms with E-state index in [9.17, 15) is 4.79 Å². The number of nitrogens with one attached hydrogen (secondary N) is 1. The largest absolute Gasteiger partial charge is 0.394 e. The van der Waals surface area contributed by atoms with Gasteiger partial charge in [-0.25, -0.2) is 0 Å². The van der Waals surface area contributed by atoms with Crippen LogP contribution in [-0.2, 0) is 14.3 Å². The molecule has 0 aromatic heterocycles. The zero-order valence-electron chi connectivity index (χ0n) is 11.3. The standard InChI is InChI=1S/C13H24N2O4/c16-6-8-19-12-1-4-15(5-2-12)13(17)9-11-10-18-7-3-14-11/h11-12,14,16H,1-10H2. The number of carbonyl (C=O) groups excluding carboxylic acids is 1. The Bertz CT molecular complexity index is 274. The lowest BCUT2D eigenvalue weighted by atomic mass is 10.1. The number of aliphatic hydroxyl groups excluding tert-OH is 1. The molecule has 1 atom stereocenters. The van der Waals surface area contributed by atoms with Crippen LogP contribution in [0.1, 0.15) is 19.3 Å². The maximum atomic E-state index is 12.1. The molecule has 2 rings (SSSR count). The highest BCUT2D eigenvalue weighted by molar-refractivity contribution is 5.77. The average molecular weight is 272 g/mol. The van der Waals surface area contributed by atoms with E-state index in [1.807, 2.05) is 4.90 Å². The van der Waals surface area contributed by atoms with Crippen LogP contribution < -0.4 is 5.32 Å². The summed E-state index contributed by atoms with van der Waals surface area (Å²) in [6, 6.07) is 0.157. The molecule has 6 heteroatoms. The van der Waals surface area contributed by atoms with Gasteiger partial charge in [0.25, 0.3) is 0 Å². The second kappa shape index (κ2) is 7.79. The molecule has 2 aliphatic rings. The molecule has 1 unspecified atom stereocenters. The van der Waals surface area contributed by atoms with Gasteiger partial charge in [0.2, 0.25) is 5.91 Å². The number of aliphatic hydroxyl groups is 1. The maximum Gasteiger partial charge on any atom is 0.224 e. The predicted molar refractivity (Wildman–Crippen MR) is 69.9 cm³/mol. The van der Waals surface area contributed by atoms with E-state index in [2.05, 4.69) is 5.32 Å². The van der Waals surface area contributed by atoms with Crippen LogP contribution in [0.3, 0.4) is 0 Å². The van der Waals surface area contributed by atoms with Crippen molar-refractivity contribution in [2.24, 2.45) is 0 Å². The second-order valence-corrected chi connectivity index (χ2v) is 5.10. The molecule has 110 valence electrons. The minimum absolute atomic E-state index is 0.0620. The molecular weight excluding hydrogens is 248 g/mol. The van der Waals surface area contributed by atoms with Crippen molar-refractivity contribution in [3.8, 4) is 0 Å². The summed E-state index contributed by atoms with van der Waals surface area (Å²) < 4.78 is 10.8. The van der Waals surface area contributed by atoms with Crippen LogP contribution in [0.15, 0.2) is 0 Å². The van der Waals surface area contributed by atoms with E-state index >= 15 is 0 Å². The molecule has 0 spiro atoms. The lowest BCUT2D eigenvalue weighted by Gasteiger charge is -2.33. The van der Waals surface area contributed by atoms with Crippen molar-refractivity contribution in [1.29, 1.82) is 0 Å². The molecule has 0 saturated carbocycles. The molecule has 19 heavy (non-hydrogen) atoms. The molecule has 0 aromatic carbocycles. The van der Waals surface area contributed by atoms with Crippen LogP contribution in [0, 0.1) is 0 Å². The van der Waals surface area contributed by atoms with Crippen molar-refractivity contribution in [2.45, 2.75) is 31.4 Å². The Morgan fingerprint density at radius 2 is 2.21 bits per heavy atom. The van der Waals surface area contributed by atoms with Crippen LogP contribution in [0.4, 0.5) is 0 Å². The number of ether oxygens (including phenoxy) is 2. The van der Waals surface area contributed by atoms with Crippen molar-refractivity contribution < 1.29 is 19.4 Å². The lowest BCUT2D eigenvalue weighted by molar-refractivity contribution is -0.135. The van der Waals surface area contributed by atoms with Gasteiger partial charge in [0.1, 0.15) is 0 Å². The predicted octanol–water partition coefficient (Wildman–Crippen LogP) is -0.635. The summed E-state index contributed by atoms with van der Waals surface area (Å²) in [4.78, 5) is 14.0. The first kappa shape index (κ1) is 14.7. The van der Waals surface area contributed by atoms with Gasteiger partial charge < -0.3 is 24.8 Å². The maximum absolute atomic E-state index is 12.1. The third-order valence-corrected chi connectivity index (χ3v) is 3.66. The molecule has 6 nitrogen and oxygen atoms in total. The molecule has 2 heterocycles. The number of hydrogen-bond acceptors (Lipinski definition) is 5. The Labute approximate surface area is 114 Å². The van der Waals surface area contributed by atoms with Crippen LogP contribution in [0.25, 0.3) is 0 Å². The van der Waals surface area contributed by atoms with Gasteiger partial charge in [-0.05, 0) is 12.8 Å². The van der Waals surface area contributed by atoms with Gasteiger partial charge in [0, 0.05) is 32.1 Å². The Morgan fingerprint density at radius 3 is 2.84 bits per heavy atom. The number of amides is 1. The summed E-state index contributed by atoms with van der Waals surface area (Å²) in [6.07, 6.45) is 2.43. The van der Waals surface area contributed by atoms with E-state index < -0.39 is 0 Å². The van der Waals surface area contributed by atoms with Gasteiger partial charge in [-0.15, -0.1) is 0 Å². The van der Waals surface area contributed by atoms with Crippen LogP contribution in [0.2, 0.25) is 0 Å². The molecule has 2 aliphatic heterocycles. The highest BCUT2D eigenvalue weighted by Gasteiger charge is 2.25. The fourth-order valence-corrected chi connectivity index (χ4v) is 2.58. The summed E-state index contributed by atoms with van der Waals surface area (Å²) in [6.45, 7) is 4.15. The van der Waals surface area contributed by atoms with Gasteiger partial charge in [0.15, 0.2) is 0 Å². The molecule has 0 radical (unpaired) electrons. The summed E-state index contributed by atoms with van der Waals surface area (Å²) >= 11 is 0. The zero-order valence-corrected chi connectivity index (χ0v) is 11.3. The third kappa shape index (κ3) is 4.72. The van der Waals surface area contributed by atoms with Crippen molar-refractivity contribution in [3.05, 3.63) is 0 Å². The normalized spacial score (nSPS) is 25.5. The van der Waals surface area contributed by atoms with E-state index in [1.165, 1.54) is 0 Å². The third-order valence-electron chi connectivity index (χ3n) is 3.66. The number of likely N-dealkylation sites (tertiary alicyclic amines) is 1. The van der Waals surface area contributed by atoms with Crippen molar-refractivity contribution in [1.82, 2.24) is 10.2 Å². The lowest BCUT2D eigenvalue weighted by Crippen LogP contribution is -2.47. The highest BCUT2D eigenvalue weighted by Crippen LogP contribution is 2.15. The molecule has 0 aromatic rings. The number of morpholine rings is 1. The summed E-state index contributed by atoms with van der Waals surface area (Å²) in [7, 11) is 0. The van der Waals surface area contributed by atoms with Gasteiger partial charge in [-0.2, -0.15) is 0 Å². The van der Waals surface area contributed by atoms with Crippen molar-refractivity contribution >= 4 is 5.91 Å². The van der Waals surface area contributed by atoms with E-state index in [4.69, 9.17) is 14.6 Å². The van der Waals surface area contributed by atoms with Crippen molar-refractivity contribution in [2.75, 3.05) is 46.1 Å². The number of hydrogen-bond donors (Lipinski definition) is 2. The van der Waals surface area contributed by atoms with E-state index in [0.717, 1.165) is 39.1 Å². The summed E-state index contributed by atoms with van der Waals surface area (Å²) in [5.41, 5.74) is 0. The minimum atomic E-state index is 0.0620. The van der Waals surface area contributed by atoms with Crippen LogP contribution >= 0.6 is 0 Å². The molecule has 2 fully saturated rings. The number of rotatable bonds is 5. The van der Waals surface area contributed by atoms with Gasteiger partial charge in [0.05, 0.1) is 32.5 Å². The average Bonchev–Trinajstić information content (AvgIpc) is 2.46. The highest BCUT2D eigenvalue weighted by atomic mass is 16.5. The van der Waals surface area contributed by atoms with Gasteiger partial charge >= 0.3 is 0 Å². The van der Waals surface area contributed by atoms with Crippen molar-refractivity contribution in [3.63, 3.8) is 0 Å². The Hall–Kier alpha value is -0.690. The van der Waals surface area contributed by atoms with Gasteiger partial charge in [-0.1, -0.05) is 0 Å². The Morgan fingerprint density at radius 1 is 1.42 bits per heavy atom. The molecule has 0 aliphatic carbocycles. The Balaban J connectivity index is 1.67. The first-order valence-electron chi connectivity index (χ1n) is 7.11. The fraction of sp³-hybridized carbons (Fsp3) is 0.923. The monoisotopic (exact) mass is 272 g/mol. The first-order valence-corrected chi connectivity index (χ1v) is 7.11. The quantitative estimate of drug-likeness (QED) is 0.697. The van der Waals surface area contributed by atoms with E-state index in [-0.39, 0.29) is 24.7 Å². The number of nitrogens with zero attached hydrogens (tertiary/aromatic N) is 1. The summed E-state index contributed by atoms with van der Waals surface area (Å²) in [5.74, 6) is 0.198. The van der Waals surface area contributed by atoms with Crippen LogP contribution in [-0.4, -0.2) is 74.1 Å². The molecule has 2 N–H and O–H groups in total. The Kier molecular flexibility index (Phi) is 6.03. The molecule has 0 bridgehead atoms. The smallest absolute Gasteiger partial charge is 0.224 e. The molecular formula is C13H24N2O4. The molecule has 2 saturated heterocycles.